The van der Waals surface area contributed by atoms with Crippen molar-refractivity contribution < 1.29 is 4.39 Å². The van der Waals surface area contributed by atoms with Crippen molar-refractivity contribution in [3.05, 3.63) is 34.1 Å². The molecule has 1 fully saturated rings. The van der Waals surface area contributed by atoms with E-state index in [2.05, 4.69) is 29.8 Å². The second kappa shape index (κ2) is 3.29. The Kier molecular flexibility index (Phi) is 2.43. The average Bonchev–Trinajstić information content (AvgIpc) is 2.90. The molecule has 82 valence electrons. The maximum absolute atomic E-state index is 13.4. The maximum atomic E-state index is 13.4. The lowest BCUT2D eigenvalue weighted by atomic mass is 9.76. The summed E-state index contributed by atoms with van der Waals surface area (Å²) in [4.78, 5) is 0. The second-order valence-corrected chi connectivity index (χ2v) is 5.68. The number of rotatable bonds is 2. The molecule has 0 amide bonds. The molecule has 0 radical (unpaired) electrons. The minimum atomic E-state index is -0.218. The van der Waals surface area contributed by atoms with E-state index in [0.717, 1.165) is 18.4 Å². The summed E-state index contributed by atoms with van der Waals surface area (Å²) in [6, 6.07) is 5.14. The molecule has 1 saturated carbocycles. The Morgan fingerprint density at radius 2 is 2.00 bits per heavy atom. The molecule has 0 spiro atoms. The summed E-state index contributed by atoms with van der Waals surface area (Å²) < 4.78 is 14.0. The number of hydrogen-bond acceptors (Lipinski definition) is 1. The van der Waals surface area contributed by atoms with Crippen LogP contribution in [0.2, 0.25) is 0 Å². The van der Waals surface area contributed by atoms with Crippen molar-refractivity contribution in [1.82, 2.24) is 0 Å². The lowest BCUT2D eigenvalue weighted by molar-refractivity contribution is 0.387. The van der Waals surface area contributed by atoms with E-state index in [1.807, 2.05) is 6.07 Å². The van der Waals surface area contributed by atoms with Crippen LogP contribution in [0.1, 0.15) is 32.3 Å². The minimum absolute atomic E-state index is 0.163. The molecule has 1 aromatic rings. The van der Waals surface area contributed by atoms with Gasteiger partial charge in [-0.2, -0.15) is 0 Å². The molecule has 0 saturated heterocycles. The summed E-state index contributed by atoms with van der Waals surface area (Å²) in [7, 11) is 0. The standard InChI is InChI=1S/C12H15BrFN/c1-11(2,12(15)6-7-12)8-4-3-5-9(14)10(8)13/h3-5H,6-7,15H2,1-2H3. The lowest BCUT2D eigenvalue weighted by Crippen LogP contribution is -2.43. The molecular weight excluding hydrogens is 257 g/mol. The zero-order valence-corrected chi connectivity index (χ0v) is 10.6. The SMILES string of the molecule is CC(C)(c1cccc(F)c1Br)C1(N)CC1. The first-order valence-electron chi connectivity index (χ1n) is 5.12. The first-order valence-corrected chi connectivity index (χ1v) is 5.91. The molecule has 2 rings (SSSR count). The molecule has 2 N–H and O–H groups in total. The summed E-state index contributed by atoms with van der Waals surface area (Å²) in [6.45, 7) is 4.17. The first kappa shape index (κ1) is 11.1. The highest BCUT2D eigenvalue weighted by atomic mass is 79.9. The van der Waals surface area contributed by atoms with E-state index >= 15 is 0 Å². The zero-order chi connectivity index (χ0) is 11.3. The van der Waals surface area contributed by atoms with E-state index in [4.69, 9.17) is 5.73 Å². The van der Waals surface area contributed by atoms with Crippen LogP contribution in [0.3, 0.4) is 0 Å². The van der Waals surface area contributed by atoms with Crippen molar-refractivity contribution in [2.24, 2.45) is 5.73 Å². The predicted octanol–water partition coefficient (Wildman–Crippen LogP) is 3.36. The molecule has 0 heterocycles. The molecule has 0 atom stereocenters. The Morgan fingerprint density at radius 3 is 2.53 bits per heavy atom. The van der Waals surface area contributed by atoms with Gasteiger partial charge >= 0.3 is 0 Å². The van der Waals surface area contributed by atoms with Gasteiger partial charge in [0, 0.05) is 11.0 Å². The summed E-state index contributed by atoms with van der Waals surface area (Å²) in [5.74, 6) is -0.218. The number of halogens is 2. The van der Waals surface area contributed by atoms with Crippen LogP contribution in [-0.2, 0) is 5.41 Å². The molecular formula is C12H15BrFN. The van der Waals surface area contributed by atoms with Gasteiger partial charge in [0.15, 0.2) is 0 Å². The van der Waals surface area contributed by atoms with Crippen LogP contribution < -0.4 is 5.73 Å². The topological polar surface area (TPSA) is 26.0 Å². The van der Waals surface area contributed by atoms with Gasteiger partial charge in [-0.3, -0.25) is 0 Å². The summed E-state index contributed by atoms with van der Waals surface area (Å²) in [5.41, 5.74) is 6.84. The largest absolute Gasteiger partial charge is 0.324 e. The molecule has 1 aromatic carbocycles. The molecule has 0 aromatic heterocycles. The smallest absolute Gasteiger partial charge is 0.137 e. The normalized spacial score (nSPS) is 19.0. The van der Waals surface area contributed by atoms with Gasteiger partial charge in [0.1, 0.15) is 5.82 Å². The molecule has 15 heavy (non-hydrogen) atoms. The van der Waals surface area contributed by atoms with Crippen molar-refractivity contribution >= 4 is 15.9 Å². The molecule has 3 heteroatoms. The quantitative estimate of drug-likeness (QED) is 0.877. The van der Waals surface area contributed by atoms with Gasteiger partial charge in [-0.25, -0.2) is 4.39 Å². The van der Waals surface area contributed by atoms with Crippen LogP contribution in [-0.4, -0.2) is 5.54 Å². The summed E-state index contributed by atoms with van der Waals surface area (Å²) in [6.07, 6.45) is 2.03. The Bertz CT molecular complexity index is 397. The van der Waals surface area contributed by atoms with Crippen LogP contribution >= 0.6 is 15.9 Å². The van der Waals surface area contributed by atoms with Crippen LogP contribution in [0.4, 0.5) is 4.39 Å². The molecule has 0 bridgehead atoms. The van der Waals surface area contributed by atoms with Gasteiger partial charge in [0.2, 0.25) is 0 Å². The lowest BCUT2D eigenvalue weighted by Gasteiger charge is -2.33. The second-order valence-electron chi connectivity index (χ2n) is 4.88. The van der Waals surface area contributed by atoms with Crippen LogP contribution in [0.15, 0.2) is 22.7 Å². The third kappa shape index (κ3) is 1.62. The zero-order valence-electron chi connectivity index (χ0n) is 8.98. The van der Waals surface area contributed by atoms with E-state index in [1.54, 1.807) is 6.07 Å². The van der Waals surface area contributed by atoms with Gasteiger partial charge in [-0.1, -0.05) is 26.0 Å². The summed E-state index contributed by atoms with van der Waals surface area (Å²) in [5, 5.41) is 0. The van der Waals surface area contributed by atoms with Crippen molar-refractivity contribution in [2.45, 2.75) is 37.6 Å². The Labute approximate surface area is 98.0 Å². The highest BCUT2D eigenvalue weighted by Gasteiger charge is 2.52. The first-order chi connectivity index (χ1) is 6.88. The minimum Gasteiger partial charge on any atom is -0.324 e. The van der Waals surface area contributed by atoms with Crippen LogP contribution in [0, 0.1) is 5.82 Å². The highest BCUT2D eigenvalue weighted by Crippen LogP contribution is 2.50. The Hall–Kier alpha value is -0.410. The van der Waals surface area contributed by atoms with Gasteiger partial charge in [0.05, 0.1) is 4.47 Å². The fraction of sp³-hybridized carbons (Fsp3) is 0.500. The Balaban J connectivity index is 2.49. The van der Waals surface area contributed by atoms with Crippen molar-refractivity contribution in [3.63, 3.8) is 0 Å². The van der Waals surface area contributed by atoms with Gasteiger partial charge in [-0.05, 0) is 40.4 Å². The van der Waals surface area contributed by atoms with Gasteiger partial charge < -0.3 is 5.73 Å². The van der Waals surface area contributed by atoms with Crippen molar-refractivity contribution in [1.29, 1.82) is 0 Å². The van der Waals surface area contributed by atoms with Gasteiger partial charge in [-0.15, -0.1) is 0 Å². The average molecular weight is 272 g/mol. The molecule has 0 unspecified atom stereocenters. The summed E-state index contributed by atoms with van der Waals surface area (Å²) >= 11 is 3.31. The van der Waals surface area contributed by atoms with Crippen LogP contribution in [0.5, 0.6) is 0 Å². The number of benzene rings is 1. The molecule has 1 nitrogen and oxygen atoms in total. The van der Waals surface area contributed by atoms with Crippen LogP contribution in [0.25, 0.3) is 0 Å². The van der Waals surface area contributed by atoms with Crippen molar-refractivity contribution in [3.8, 4) is 0 Å². The number of hydrogen-bond donors (Lipinski definition) is 1. The van der Waals surface area contributed by atoms with E-state index in [0.29, 0.717) is 4.47 Å². The monoisotopic (exact) mass is 271 g/mol. The van der Waals surface area contributed by atoms with E-state index in [1.165, 1.54) is 6.07 Å². The maximum Gasteiger partial charge on any atom is 0.137 e. The van der Waals surface area contributed by atoms with E-state index in [-0.39, 0.29) is 16.8 Å². The Morgan fingerprint density at radius 1 is 1.40 bits per heavy atom. The van der Waals surface area contributed by atoms with E-state index in [9.17, 15) is 4.39 Å². The molecule has 0 aliphatic heterocycles. The predicted molar refractivity (Wildman–Crippen MR) is 63.3 cm³/mol. The van der Waals surface area contributed by atoms with Crippen molar-refractivity contribution in [2.75, 3.05) is 0 Å². The molecule has 1 aliphatic carbocycles. The third-order valence-electron chi connectivity index (χ3n) is 3.66. The fourth-order valence-corrected chi connectivity index (χ4v) is 2.77. The fourth-order valence-electron chi connectivity index (χ4n) is 2.01. The van der Waals surface area contributed by atoms with E-state index < -0.39 is 0 Å². The third-order valence-corrected chi connectivity index (χ3v) is 4.46. The van der Waals surface area contributed by atoms with Gasteiger partial charge in [0.25, 0.3) is 0 Å². The molecule has 1 aliphatic rings. The number of nitrogens with two attached hydrogens (primary N) is 1. The highest BCUT2D eigenvalue weighted by molar-refractivity contribution is 9.10.